The van der Waals surface area contributed by atoms with Gasteiger partial charge in [-0.25, -0.2) is 8.42 Å². The second-order valence-electron chi connectivity index (χ2n) is 7.00. The minimum atomic E-state index is -3.86. The molecule has 0 aliphatic heterocycles. The van der Waals surface area contributed by atoms with Crippen LogP contribution in [-0.4, -0.2) is 27.4 Å². The summed E-state index contributed by atoms with van der Waals surface area (Å²) in [6.07, 6.45) is 0.670. The van der Waals surface area contributed by atoms with Crippen LogP contribution in [0.1, 0.15) is 31.9 Å². The van der Waals surface area contributed by atoms with Crippen LogP contribution in [0, 0.1) is 12.8 Å². The van der Waals surface area contributed by atoms with Gasteiger partial charge >= 0.3 is 0 Å². The van der Waals surface area contributed by atoms with Crippen LogP contribution in [0.4, 0.5) is 5.69 Å². The number of carbonyl (C=O) groups excluding carboxylic acids is 1. The first-order valence-corrected chi connectivity index (χ1v) is 10.6. The standard InChI is InChI=1S/C21H28N2O3S/c1-5-18-8-6-7-9-20(18)23(15-21(24)22-14-16(2)3)27(25,26)19-12-10-17(4)11-13-19/h6-13,16H,5,14-15H2,1-4H3,(H,22,24). The van der Waals surface area contributed by atoms with Crippen LogP contribution in [0.2, 0.25) is 0 Å². The quantitative estimate of drug-likeness (QED) is 0.752. The van der Waals surface area contributed by atoms with Crippen molar-refractivity contribution in [3.8, 4) is 0 Å². The summed E-state index contributed by atoms with van der Waals surface area (Å²) in [6.45, 7) is 8.11. The summed E-state index contributed by atoms with van der Waals surface area (Å²) in [5.41, 5.74) is 2.40. The Morgan fingerprint density at radius 1 is 1.07 bits per heavy atom. The molecule has 0 atom stereocenters. The zero-order chi connectivity index (χ0) is 20.0. The Morgan fingerprint density at radius 3 is 2.30 bits per heavy atom. The van der Waals surface area contributed by atoms with E-state index in [2.05, 4.69) is 5.32 Å². The molecule has 6 heteroatoms. The Hall–Kier alpha value is -2.34. The Balaban J connectivity index is 2.45. The Kier molecular flexibility index (Phi) is 7.02. The lowest BCUT2D eigenvalue weighted by atomic mass is 10.1. The van der Waals surface area contributed by atoms with Crippen LogP contribution in [0.5, 0.6) is 0 Å². The van der Waals surface area contributed by atoms with Crippen LogP contribution in [-0.2, 0) is 21.2 Å². The van der Waals surface area contributed by atoms with Gasteiger partial charge in [0.15, 0.2) is 0 Å². The lowest BCUT2D eigenvalue weighted by molar-refractivity contribution is -0.119. The van der Waals surface area contributed by atoms with Crippen molar-refractivity contribution < 1.29 is 13.2 Å². The molecule has 0 aliphatic rings. The minimum Gasteiger partial charge on any atom is -0.354 e. The monoisotopic (exact) mass is 388 g/mol. The number of nitrogens with one attached hydrogen (secondary N) is 1. The van der Waals surface area contributed by atoms with Crippen molar-refractivity contribution in [3.63, 3.8) is 0 Å². The SMILES string of the molecule is CCc1ccccc1N(CC(=O)NCC(C)C)S(=O)(=O)c1ccc(C)cc1. The summed E-state index contributed by atoms with van der Waals surface area (Å²) in [5.74, 6) is -0.0238. The zero-order valence-electron chi connectivity index (χ0n) is 16.4. The number of para-hydroxylation sites is 1. The Bertz CT molecular complexity index is 875. The molecule has 0 aliphatic carbocycles. The number of rotatable bonds is 8. The number of aryl methyl sites for hydroxylation is 2. The highest BCUT2D eigenvalue weighted by atomic mass is 32.2. The molecule has 0 spiro atoms. The number of hydrogen-bond donors (Lipinski definition) is 1. The van der Waals surface area contributed by atoms with Crippen LogP contribution >= 0.6 is 0 Å². The van der Waals surface area contributed by atoms with Crippen LogP contribution in [0.25, 0.3) is 0 Å². The van der Waals surface area contributed by atoms with Crippen molar-refractivity contribution in [2.75, 3.05) is 17.4 Å². The van der Waals surface area contributed by atoms with E-state index in [1.165, 1.54) is 4.31 Å². The lowest BCUT2D eigenvalue weighted by Crippen LogP contribution is -2.42. The minimum absolute atomic E-state index is 0.177. The maximum atomic E-state index is 13.3. The second-order valence-corrected chi connectivity index (χ2v) is 8.87. The third-order valence-electron chi connectivity index (χ3n) is 4.24. The first kappa shape index (κ1) is 21.0. The molecule has 0 aromatic heterocycles. The van der Waals surface area contributed by atoms with Crippen molar-refractivity contribution in [2.24, 2.45) is 5.92 Å². The molecule has 2 rings (SSSR count). The largest absolute Gasteiger partial charge is 0.354 e. The highest BCUT2D eigenvalue weighted by Crippen LogP contribution is 2.27. The van der Waals surface area contributed by atoms with E-state index in [9.17, 15) is 13.2 Å². The molecular weight excluding hydrogens is 360 g/mol. The fraction of sp³-hybridized carbons (Fsp3) is 0.381. The average molecular weight is 389 g/mol. The van der Waals surface area contributed by atoms with Crippen molar-refractivity contribution in [2.45, 2.75) is 39.0 Å². The van der Waals surface area contributed by atoms with E-state index in [1.807, 2.05) is 39.8 Å². The maximum absolute atomic E-state index is 13.3. The first-order valence-electron chi connectivity index (χ1n) is 9.19. The normalized spacial score (nSPS) is 11.4. The smallest absolute Gasteiger partial charge is 0.264 e. The molecule has 2 aromatic rings. The summed E-state index contributed by atoms with van der Waals surface area (Å²) in [7, 11) is -3.86. The predicted molar refractivity (Wildman–Crippen MR) is 109 cm³/mol. The molecule has 0 bridgehead atoms. The second kappa shape index (κ2) is 9.04. The Morgan fingerprint density at radius 2 is 1.70 bits per heavy atom. The molecule has 0 unspecified atom stereocenters. The van der Waals surface area contributed by atoms with Gasteiger partial charge in [-0.15, -0.1) is 0 Å². The first-order chi connectivity index (χ1) is 12.8. The highest BCUT2D eigenvalue weighted by molar-refractivity contribution is 7.92. The van der Waals surface area contributed by atoms with E-state index < -0.39 is 10.0 Å². The Labute approximate surface area is 162 Å². The molecule has 0 fully saturated rings. The van der Waals surface area contributed by atoms with Gasteiger partial charge in [-0.05, 0) is 43.0 Å². The molecule has 0 saturated carbocycles. The number of amides is 1. The molecule has 0 saturated heterocycles. The average Bonchev–Trinajstić information content (AvgIpc) is 2.64. The van der Waals surface area contributed by atoms with E-state index >= 15 is 0 Å². The number of hydrogen-bond acceptors (Lipinski definition) is 3. The van der Waals surface area contributed by atoms with E-state index in [-0.39, 0.29) is 17.3 Å². The molecular formula is C21H28N2O3S. The predicted octanol–water partition coefficient (Wildman–Crippen LogP) is 3.52. The van der Waals surface area contributed by atoms with Gasteiger partial charge in [0, 0.05) is 6.54 Å². The summed E-state index contributed by atoms with van der Waals surface area (Å²) in [6, 6.07) is 14.0. The summed E-state index contributed by atoms with van der Waals surface area (Å²) in [4.78, 5) is 12.6. The van der Waals surface area contributed by atoms with E-state index in [4.69, 9.17) is 0 Å². The number of benzene rings is 2. The van der Waals surface area contributed by atoms with Gasteiger partial charge in [0.1, 0.15) is 6.54 Å². The summed E-state index contributed by atoms with van der Waals surface area (Å²) < 4.78 is 27.9. The third-order valence-corrected chi connectivity index (χ3v) is 6.02. The van der Waals surface area contributed by atoms with Gasteiger partial charge in [-0.2, -0.15) is 0 Å². The number of carbonyl (C=O) groups is 1. The fourth-order valence-corrected chi connectivity index (χ4v) is 4.15. The molecule has 2 aromatic carbocycles. The van der Waals surface area contributed by atoms with Crippen LogP contribution in [0.15, 0.2) is 53.4 Å². The van der Waals surface area contributed by atoms with Gasteiger partial charge in [0.25, 0.3) is 10.0 Å². The van der Waals surface area contributed by atoms with Crippen molar-refractivity contribution in [1.29, 1.82) is 0 Å². The molecule has 1 N–H and O–H groups in total. The van der Waals surface area contributed by atoms with Crippen molar-refractivity contribution >= 4 is 21.6 Å². The van der Waals surface area contributed by atoms with E-state index in [1.54, 1.807) is 36.4 Å². The fourth-order valence-electron chi connectivity index (χ4n) is 2.69. The summed E-state index contributed by atoms with van der Waals surface area (Å²) >= 11 is 0. The molecule has 27 heavy (non-hydrogen) atoms. The summed E-state index contributed by atoms with van der Waals surface area (Å²) in [5, 5.41) is 2.81. The third kappa shape index (κ3) is 5.32. The molecule has 0 heterocycles. The van der Waals surface area contributed by atoms with Crippen molar-refractivity contribution in [1.82, 2.24) is 5.32 Å². The number of anilines is 1. The van der Waals surface area contributed by atoms with Gasteiger partial charge in [-0.3, -0.25) is 9.10 Å². The van der Waals surface area contributed by atoms with Crippen LogP contribution < -0.4 is 9.62 Å². The zero-order valence-corrected chi connectivity index (χ0v) is 17.2. The van der Waals surface area contributed by atoms with E-state index in [0.717, 1.165) is 11.1 Å². The van der Waals surface area contributed by atoms with Gasteiger partial charge < -0.3 is 5.32 Å². The van der Waals surface area contributed by atoms with Gasteiger partial charge in [0.05, 0.1) is 10.6 Å². The maximum Gasteiger partial charge on any atom is 0.264 e. The molecule has 1 amide bonds. The number of nitrogens with zero attached hydrogens (tertiary/aromatic N) is 1. The van der Waals surface area contributed by atoms with Crippen LogP contribution in [0.3, 0.4) is 0 Å². The molecule has 146 valence electrons. The van der Waals surface area contributed by atoms with Crippen molar-refractivity contribution in [3.05, 3.63) is 59.7 Å². The highest BCUT2D eigenvalue weighted by Gasteiger charge is 2.28. The van der Waals surface area contributed by atoms with Gasteiger partial charge in [-0.1, -0.05) is 56.7 Å². The van der Waals surface area contributed by atoms with E-state index in [0.29, 0.717) is 24.6 Å². The topological polar surface area (TPSA) is 66.5 Å². The number of sulfonamides is 1. The lowest BCUT2D eigenvalue weighted by Gasteiger charge is -2.26. The van der Waals surface area contributed by atoms with Gasteiger partial charge in [0.2, 0.25) is 5.91 Å². The molecule has 0 radical (unpaired) electrons. The molecule has 5 nitrogen and oxygen atoms in total.